The van der Waals surface area contributed by atoms with Crippen LogP contribution in [0, 0.1) is 6.92 Å². The monoisotopic (exact) mass is 322 g/mol. The van der Waals surface area contributed by atoms with Crippen molar-refractivity contribution in [1.29, 1.82) is 0 Å². The average molecular weight is 322 g/mol. The maximum atomic E-state index is 5.91. The van der Waals surface area contributed by atoms with E-state index in [9.17, 15) is 0 Å². The van der Waals surface area contributed by atoms with Crippen molar-refractivity contribution in [2.24, 2.45) is 5.10 Å². The summed E-state index contributed by atoms with van der Waals surface area (Å²) in [6.07, 6.45) is 4.75. The van der Waals surface area contributed by atoms with Gasteiger partial charge in [-0.05, 0) is 41.8 Å². The summed E-state index contributed by atoms with van der Waals surface area (Å²) in [4.78, 5) is 0. The minimum atomic E-state index is 0.497. The van der Waals surface area contributed by atoms with Gasteiger partial charge in [-0.1, -0.05) is 24.3 Å². The molecule has 24 heavy (non-hydrogen) atoms. The summed E-state index contributed by atoms with van der Waals surface area (Å²) in [6.45, 7) is 2.57. The SMILES string of the molecule is COc1cc(/C=N\n2cnnc2)ccc1OCc1ccccc1C. The van der Waals surface area contributed by atoms with Crippen LogP contribution in [0.1, 0.15) is 16.7 Å². The van der Waals surface area contributed by atoms with Crippen molar-refractivity contribution in [2.75, 3.05) is 7.11 Å². The highest BCUT2D eigenvalue weighted by molar-refractivity contribution is 5.80. The van der Waals surface area contributed by atoms with E-state index >= 15 is 0 Å². The van der Waals surface area contributed by atoms with E-state index in [4.69, 9.17) is 9.47 Å². The molecule has 0 amide bonds. The lowest BCUT2D eigenvalue weighted by Crippen LogP contribution is -2.00. The molecule has 0 fully saturated rings. The van der Waals surface area contributed by atoms with Crippen LogP contribution in [-0.4, -0.2) is 28.2 Å². The van der Waals surface area contributed by atoms with Crippen LogP contribution in [0.3, 0.4) is 0 Å². The lowest BCUT2D eigenvalue weighted by atomic mass is 10.1. The van der Waals surface area contributed by atoms with Gasteiger partial charge in [-0.3, -0.25) is 0 Å². The summed E-state index contributed by atoms with van der Waals surface area (Å²) in [7, 11) is 1.62. The van der Waals surface area contributed by atoms with Crippen LogP contribution in [0.2, 0.25) is 0 Å². The minimum Gasteiger partial charge on any atom is -0.493 e. The predicted octanol–water partition coefficient (Wildman–Crippen LogP) is 3.06. The smallest absolute Gasteiger partial charge is 0.161 e. The highest BCUT2D eigenvalue weighted by Crippen LogP contribution is 2.28. The molecule has 0 spiro atoms. The number of hydrogen-bond acceptors (Lipinski definition) is 5. The molecular formula is C18H18N4O2. The molecule has 6 heteroatoms. The zero-order valence-electron chi connectivity index (χ0n) is 13.6. The largest absolute Gasteiger partial charge is 0.493 e. The summed E-state index contributed by atoms with van der Waals surface area (Å²) in [5.74, 6) is 1.36. The average Bonchev–Trinajstić information content (AvgIpc) is 3.13. The maximum Gasteiger partial charge on any atom is 0.161 e. The third-order valence-corrected chi connectivity index (χ3v) is 3.58. The summed E-state index contributed by atoms with van der Waals surface area (Å²) in [6, 6.07) is 13.8. The number of nitrogens with zero attached hydrogens (tertiary/aromatic N) is 4. The van der Waals surface area contributed by atoms with Gasteiger partial charge in [0.15, 0.2) is 11.5 Å². The number of benzene rings is 2. The van der Waals surface area contributed by atoms with E-state index in [1.165, 1.54) is 22.9 Å². The molecule has 1 aromatic heterocycles. The molecule has 0 radical (unpaired) electrons. The first-order chi connectivity index (χ1) is 11.8. The highest BCUT2D eigenvalue weighted by atomic mass is 16.5. The summed E-state index contributed by atoms with van der Waals surface area (Å²) in [5, 5.41) is 11.6. The number of hydrogen-bond donors (Lipinski definition) is 0. The van der Waals surface area contributed by atoms with Crippen LogP contribution < -0.4 is 9.47 Å². The van der Waals surface area contributed by atoms with Crippen LogP contribution in [0.15, 0.2) is 60.2 Å². The molecule has 0 atom stereocenters. The molecule has 0 aliphatic heterocycles. The molecule has 0 aliphatic carbocycles. The second kappa shape index (κ2) is 7.41. The first kappa shape index (κ1) is 15.7. The number of methoxy groups -OCH3 is 1. The molecule has 3 aromatic rings. The Morgan fingerprint density at radius 2 is 1.88 bits per heavy atom. The van der Waals surface area contributed by atoms with Crippen molar-refractivity contribution in [3.8, 4) is 11.5 Å². The molecular weight excluding hydrogens is 304 g/mol. The Kier molecular flexibility index (Phi) is 4.86. The van der Waals surface area contributed by atoms with Gasteiger partial charge in [0.05, 0.1) is 13.3 Å². The van der Waals surface area contributed by atoms with E-state index in [1.807, 2.05) is 30.3 Å². The van der Waals surface area contributed by atoms with E-state index in [0.29, 0.717) is 18.1 Å². The Hall–Kier alpha value is -3.15. The van der Waals surface area contributed by atoms with E-state index < -0.39 is 0 Å². The number of aryl methyl sites for hydroxylation is 1. The van der Waals surface area contributed by atoms with Gasteiger partial charge in [-0.2, -0.15) is 5.10 Å². The normalized spacial score (nSPS) is 10.9. The van der Waals surface area contributed by atoms with E-state index in [1.54, 1.807) is 13.3 Å². The van der Waals surface area contributed by atoms with Crippen LogP contribution in [0.5, 0.6) is 11.5 Å². The predicted molar refractivity (Wildman–Crippen MR) is 91.5 cm³/mol. The number of aromatic nitrogens is 3. The molecule has 0 saturated carbocycles. The van der Waals surface area contributed by atoms with Crippen LogP contribution >= 0.6 is 0 Å². The molecule has 0 unspecified atom stereocenters. The van der Waals surface area contributed by atoms with Gasteiger partial charge in [-0.25, -0.2) is 4.68 Å². The summed E-state index contributed by atoms with van der Waals surface area (Å²) >= 11 is 0. The van der Waals surface area contributed by atoms with Crippen molar-refractivity contribution in [3.63, 3.8) is 0 Å². The maximum absolute atomic E-state index is 5.91. The lowest BCUT2D eigenvalue weighted by Gasteiger charge is -2.12. The van der Waals surface area contributed by atoms with Gasteiger partial charge < -0.3 is 9.47 Å². The molecule has 0 aliphatic rings. The Morgan fingerprint density at radius 3 is 2.62 bits per heavy atom. The van der Waals surface area contributed by atoms with Gasteiger partial charge in [0.1, 0.15) is 19.3 Å². The molecule has 0 N–H and O–H groups in total. The van der Waals surface area contributed by atoms with E-state index in [-0.39, 0.29) is 0 Å². The molecule has 2 aromatic carbocycles. The minimum absolute atomic E-state index is 0.497. The number of rotatable bonds is 6. The van der Waals surface area contributed by atoms with Gasteiger partial charge in [0.25, 0.3) is 0 Å². The Morgan fingerprint density at radius 1 is 1.08 bits per heavy atom. The number of ether oxygens (including phenoxy) is 2. The first-order valence-corrected chi connectivity index (χ1v) is 7.50. The summed E-state index contributed by atoms with van der Waals surface area (Å²) < 4.78 is 12.9. The molecule has 1 heterocycles. The molecule has 6 nitrogen and oxygen atoms in total. The van der Waals surface area contributed by atoms with Crippen molar-refractivity contribution in [1.82, 2.24) is 14.9 Å². The lowest BCUT2D eigenvalue weighted by molar-refractivity contribution is 0.284. The van der Waals surface area contributed by atoms with Crippen molar-refractivity contribution in [3.05, 3.63) is 71.8 Å². The van der Waals surface area contributed by atoms with Crippen LogP contribution in [0.4, 0.5) is 0 Å². The van der Waals surface area contributed by atoms with Crippen molar-refractivity contribution in [2.45, 2.75) is 13.5 Å². The van der Waals surface area contributed by atoms with Gasteiger partial charge in [0, 0.05) is 0 Å². The fraction of sp³-hybridized carbons (Fsp3) is 0.167. The van der Waals surface area contributed by atoms with Gasteiger partial charge >= 0.3 is 0 Å². The molecule has 122 valence electrons. The zero-order valence-corrected chi connectivity index (χ0v) is 13.6. The Bertz CT molecular complexity index is 829. The van der Waals surface area contributed by atoms with E-state index in [0.717, 1.165) is 11.1 Å². The Labute approximate surface area is 140 Å². The van der Waals surface area contributed by atoms with Crippen molar-refractivity contribution >= 4 is 6.21 Å². The second-order valence-corrected chi connectivity index (χ2v) is 5.21. The quantitative estimate of drug-likeness (QED) is 0.654. The molecule has 0 saturated heterocycles. The van der Waals surface area contributed by atoms with Crippen LogP contribution in [0.25, 0.3) is 0 Å². The zero-order chi connectivity index (χ0) is 16.8. The van der Waals surface area contributed by atoms with Gasteiger partial charge in [-0.15, -0.1) is 10.2 Å². The van der Waals surface area contributed by atoms with Gasteiger partial charge in [0.2, 0.25) is 0 Å². The first-order valence-electron chi connectivity index (χ1n) is 7.50. The third kappa shape index (κ3) is 3.78. The standard InChI is InChI=1S/C18H18N4O2/c1-14-5-3-4-6-16(14)11-24-17-8-7-15(9-18(17)23-2)10-21-22-12-19-20-13-22/h3-10,12-13H,11H2,1-2H3/b21-10-. The van der Waals surface area contributed by atoms with Crippen LogP contribution in [-0.2, 0) is 6.61 Å². The molecule has 0 bridgehead atoms. The highest BCUT2D eigenvalue weighted by Gasteiger charge is 2.06. The fourth-order valence-electron chi connectivity index (χ4n) is 2.20. The fourth-order valence-corrected chi connectivity index (χ4v) is 2.20. The topological polar surface area (TPSA) is 61.5 Å². The van der Waals surface area contributed by atoms with E-state index in [2.05, 4.69) is 34.4 Å². The Balaban J connectivity index is 1.73. The molecule has 3 rings (SSSR count). The summed E-state index contributed by atoms with van der Waals surface area (Å²) in [5.41, 5.74) is 3.25. The second-order valence-electron chi connectivity index (χ2n) is 5.21. The van der Waals surface area contributed by atoms with Crippen molar-refractivity contribution < 1.29 is 9.47 Å². The third-order valence-electron chi connectivity index (χ3n) is 3.58.